The highest BCUT2D eigenvalue weighted by atomic mass is 79.9. The molecule has 0 saturated carbocycles. The van der Waals surface area contributed by atoms with Crippen LogP contribution in [-0.4, -0.2) is 12.0 Å². The highest BCUT2D eigenvalue weighted by molar-refractivity contribution is 9.10. The zero-order chi connectivity index (χ0) is 11.5. The Morgan fingerprint density at radius 3 is 2.62 bits per heavy atom. The first-order valence-electron chi connectivity index (χ1n) is 5.09. The van der Waals surface area contributed by atoms with E-state index >= 15 is 0 Å². The molecule has 2 aromatic rings. The fourth-order valence-electron chi connectivity index (χ4n) is 1.36. The second-order valence-electron chi connectivity index (χ2n) is 3.58. The first kappa shape index (κ1) is 11.4. The van der Waals surface area contributed by atoms with Crippen molar-refractivity contribution in [3.8, 4) is 11.3 Å². The first-order chi connectivity index (χ1) is 7.70. The van der Waals surface area contributed by atoms with Crippen molar-refractivity contribution in [2.45, 2.75) is 13.0 Å². The van der Waals surface area contributed by atoms with Gasteiger partial charge in [0.1, 0.15) is 0 Å². The smallest absolute Gasteiger partial charge is 0.211 e. The quantitative estimate of drug-likeness (QED) is 0.937. The van der Waals surface area contributed by atoms with Crippen LogP contribution in [0, 0.1) is 0 Å². The van der Waals surface area contributed by atoms with E-state index in [-0.39, 0.29) is 6.04 Å². The maximum atomic E-state index is 5.67. The van der Waals surface area contributed by atoms with Crippen LogP contribution in [0.4, 0.5) is 0 Å². The number of aromatic nitrogens is 1. The van der Waals surface area contributed by atoms with Crippen LogP contribution in [-0.2, 0) is 0 Å². The van der Waals surface area contributed by atoms with Crippen LogP contribution in [0.5, 0.6) is 0 Å². The van der Waals surface area contributed by atoms with Gasteiger partial charge in [-0.15, -0.1) is 0 Å². The van der Waals surface area contributed by atoms with Gasteiger partial charge in [-0.2, -0.15) is 0 Å². The van der Waals surface area contributed by atoms with Gasteiger partial charge in [0.05, 0.1) is 12.2 Å². The Morgan fingerprint density at radius 2 is 2.00 bits per heavy atom. The molecule has 1 aromatic heterocycles. The Kier molecular flexibility index (Phi) is 3.41. The molecular formula is C12H13BrN2O. The van der Waals surface area contributed by atoms with Crippen molar-refractivity contribution in [2.24, 2.45) is 0 Å². The zero-order valence-corrected chi connectivity index (χ0v) is 10.8. The summed E-state index contributed by atoms with van der Waals surface area (Å²) in [5.41, 5.74) is 1.03. The summed E-state index contributed by atoms with van der Waals surface area (Å²) in [7, 11) is 1.88. The van der Waals surface area contributed by atoms with Gasteiger partial charge in [-0.1, -0.05) is 28.1 Å². The number of benzene rings is 1. The first-order valence-corrected chi connectivity index (χ1v) is 5.89. The molecule has 0 aliphatic rings. The van der Waals surface area contributed by atoms with Crippen molar-refractivity contribution >= 4 is 15.9 Å². The van der Waals surface area contributed by atoms with E-state index in [1.165, 1.54) is 0 Å². The predicted octanol–water partition coefficient (Wildman–Crippen LogP) is 3.38. The highest BCUT2D eigenvalue weighted by Gasteiger charge is 2.11. The van der Waals surface area contributed by atoms with E-state index in [0.717, 1.165) is 15.8 Å². The molecule has 1 heterocycles. The molecule has 16 heavy (non-hydrogen) atoms. The molecule has 4 heteroatoms. The maximum absolute atomic E-state index is 5.67. The minimum absolute atomic E-state index is 0.129. The molecule has 0 spiro atoms. The van der Waals surface area contributed by atoms with Crippen molar-refractivity contribution < 1.29 is 4.42 Å². The minimum atomic E-state index is 0.129. The molecule has 1 N–H and O–H groups in total. The molecule has 0 bridgehead atoms. The van der Waals surface area contributed by atoms with Crippen LogP contribution < -0.4 is 5.32 Å². The van der Waals surface area contributed by atoms with E-state index < -0.39 is 0 Å². The Bertz CT molecular complexity index is 464. The summed E-state index contributed by atoms with van der Waals surface area (Å²) in [6.45, 7) is 2.01. The van der Waals surface area contributed by atoms with Gasteiger partial charge in [0.25, 0.3) is 0 Å². The lowest BCUT2D eigenvalue weighted by molar-refractivity contribution is 0.441. The molecular weight excluding hydrogens is 268 g/mol. The lowest BCUT2D eigenvalue weighted by Crippen LogP contribution is -2.12. The summed E-state index contributed by atoms with van der Waals surface area (Å²) < 4.78 is 6.73. The van der Waals surface area contributed by atoms with Crippen LogP contribution in [0.1, 0.15) is 18.9 Å². The van der Waals surface area contributed by atoms with E-state index in [4.69, 9.17) is 4.42 Å². The molecule has 0 radical (unpaired) electrons. The molecule has 1 unspecified atom stereocenters. The molecule has 0 fully saturated rings. The Labute approximate surface area is 103 Å². The van der Waals surface area contributed by atoms with Crippen LogP contribution in [0.3, 0.4) is 0 Å². The molecule has 2 rings (SSSR count). The van der Waals surface area contributed by atoms with E-state index in [2.05, 4.69) is 26.2 Å². The summed E-state index contributed by atoms with van der Waals surface area (Å²) >= 11 is 3.40. The van der Waals surface area contributed by atoms with Crippen molar-refractivity contribution in [1.29, 1.82) is 0 Å². The summed E-state index contributed by atoms with van der Waals surface area (Å²) in [6.07, 6.45) is 1.76. The van der Waals surface area contributed by atoms with Gasteiger partial charge in [0.2, 0.25) is 5.89 Å². The molecule has 0 aliphatic carbocycles. The standard InChI is InChI=1S/C12H13BrN2O/c1-8(14-2)12-15-7-11(16-12)9-3-5-10(13)6-4-9/h3-8,14H,1-2H3. The molecule has 0 saturated heterocycles. The SMILES string of the molecule is CNC(C)c1ncc(-c2ccc(Br)cc2)o1. The summed E-state index contributed by atoms with van der Waals surface area (Å²) in [5.74, 6) is 1.50. The van der Waals surface area contributed by atoms with Gasteiger partial charge >= 0.3 is 0 Å². The number of oxazole rings is 1. The number of hydrogen-bond donors (Lipinski definition) is 1. The number of nitrogens with one attached hydrogen (secondary N) is 1. The van der Waals surface area contributed by atoms with Crippen LogP contribution in [0.2, 0.25) is 0 Å². The topological polar surface area (TPSA) is 38.1 Å². The lowest BCUT2D eigenvalue weighted by Gasteiger charge is -2.03. The van der Waals surface area contributed by atoms with Crippen molar-refractivity contribution in [2.75, 3.05) is 7.05 Å². The van der Waals surface area contributed by atoms with E-state index in [0.29, 0.717) is 5.89 Å². The highest BCUT2D eigenvalue weighted by Crippen LogP contribution is 2.24. The largest absolute Gasteiger partial charge is 0.439 e. The average Bonchev–Trinajstić information content (AvgIpc) is 2.78. The van der Waals surface area contributed by atoms with Crippen molar-refractivity contribution in [3.63, 3.8) is 0 Å². The van der Waals surface area contributed by atoms with Crippen LogP contribution in [0.15, 0.2) is 39.4 Å². The number of nitrogens with zero attached hydrogens (tertiary/aromatic N) is 1. The Hall–Kier alpha value is -1.13. The summed E-state index contributed by atoms with van der Waals surface area (Å²) in [6, 6.07) is 8.10. The van der Waals surface area contributed by atoms with E-state index in [1.807, 2.05) is 38.2 Å². The normalized spacial score (nSPS) is 12.7. The molecule has 3 nitrogen and oxygen atoms in total. The van der Waals surface area contributed by atoms with Gasteiger partial charge in [-0.05, 0) is 26.1 Å². The summed E-state index contributed by atoms with van der Waals surface area (Å²) in [5, 5.41) is 3.09. The average molecular weight is 281 g/mol. The fraction of sp³-hybridized carbons (Fsp3) is 0.250. The van der Waals surface area contributed by atoms with Crippen LogP contribution in [0.25, 0.3) is 11.3 Å². The third-order valence-corrected chi connectivity index (χ3v) is 2.98. The molecule has 0 amide bonds. The van der Waals surface area contributed by atoms with Crippen molar-refractivity contribution in [1.82, 2.24) is 10.3 Å². The minimum Gasteiger partial charge on any atom is -0.439 e. The summed E-state index contributed by atoms with van der Waals surface area (Å²) in [4.78, 5) is 4.24. The van der Waals surface area contributed by atoms with E-state index in [9.17, 15) is 0 Å². The Morgan fingerprint density at radius 1 is 1.31 bits per heavy atom. The fourth-order valence-corrected chi connectivity index (χ4v) is 1.62. The molecule has 84 valence electrons. The second-order valence-corrected chi connectivity index (χ2v) is 4.50. The molecule has 1 aromatic carbocycles. The number of hydrogen-bond acceptors (Lipinski definition) is 3. The van der Waals surface area contributed by atoms with Crippen LogP contribution >= 0.6 is 15.9 Å². The van der Waals surface area contributed by atoms with Gasteiger partial charge in [0, 0.05) is 10.0 Å². The lowest BCUT2D eigenvalue weighted by atomic mass is 10.2. The third kappa shape index (κ3) is 2.33. The van der Waals surface area contributed by atoms with Gasteiger partial charge < -0.3 is 9.73 Å². The molecule has 1 atom stereocenters. The second kappa shape index (κ2) is 4.80. The number of rotatable bonds is 3. The maximum Gasteiger partial charge on any atom is 0.211 e. The van der Waals surface area contributed by atoms with Gasteiger partial charge in [-0.25, -0.2) is 4.98 Å². The van der Waals surface area contributed by atoms with Crippen molar-refractivity contribution in [3.05, 3.63) is 40.8 Å². The monoisotopic (exact) mass is 280 g/mol. The molecule has 0 aliphatic heterocycles. The third-order valence-electron chi connectivity index (χ3n) is 2.46. The van der Waals surface area contributed by atoms with Gasteiger partial charge in [0.15, 0.2) is 5.76 Å². The van der Waals surface area contributed by atoms with Gasteiger partial charge in [-0.3, -0.25) is 0 Å². The van der Waals surface area contributed by atoms with E-state index in [1.54, 1.807) is 6.20 Å². The Balaban J connectivity index is 2.28. The predicted molar refractivity (Wildman–Crippen MR) is 67.1 cm³/mol. The number of halogens is 1. The zero-order valence-electron chi connectivity index (χ0n) is 9.20.